The molecule has 0 saturated carbocycles. The van der Waals surface area contributed by atoms with Crippen LogP contribution in [-0.4, -0.2) is 79.2 Å². The number of aromatic amines is 1. The van der Waals surface area contributed by atoms with Crippen molar-refractivity contribution in [2.45, 2.75) is 72.1 Å². The second kappa shape index (κ2) is 8.92. The average molecular weight is 488 g/mol. The minimum atomic E-state index is -0.596. The van der Waals surface area contributed by atoms with Gasteiger partial charge in [0.25, 0.3) is 0 Å². The Labute approximate surface area is 206 Å². The van der Waals surface area contributed by atoms with Crippen molar-refractivity contribution in [2.75, 3.05) is 37.3 Å². The van der Waals surface area contributed by atoms with Gasteiger partial charge in [-0.25, -0.2) is 14.2 Å². The number of fused-ring (bicyclic) bond motifs is 1. The summed E-state index contributed by atoms with van der Waals surface area (Å²) in [6.45, 7) is 17.0. The highest BCUT2D eigenvalue weighted by Gasteiger charge is 2.47. The fourth-order valence-corrected chi connectivity index (χ4v) is 4.72. The Morgan fingerprint density at radius 3 is 2.69 bits per heavy atom. The van der Waals surface area contributed by atoms with Crippen molar-refractivity contribution < 1.29 is 9.18 Å². The summed E-state index contributed by atoms with van der Waals surface area (Å²) in [6, 6.07) is 0.0884. The molecule has 0 aliphatic carbocycles. The van der Waals surface area contributed by atoms with Crippen molar-refractivity contribution in [1.82, 2.24) is 34.9 Å². The Kier molecular flexibility index (Phi) is 6.41. The van der Waals surface area contributed by atoms with Gasteiger partial charge in [-0.1, -0.05) is 13.8 Å². The van der Waals surface area contributed by atoms with Crippen LogP contribution >= 0.6 is 0 Å². The van der Waals surface area contributed by atoms with E-state index in [4.69, 9.17) is 0 Å². The molecule has 2 aliphatic rings. The van der Waals surface area contributed by atoms with Crippen LogP contribution in [0, 0.1) is 11.7 Å². The Morgan fingerprint density at radius 1 is 1.29 bits per heavy atom. The molecule has 2 amide bonds. The summed E-state index contributed by atoms with van der Waals surface area (Å²) in [5, 5.41) is 13.6. The predicted octanol–water partition coefficient (Wildman–Crippen LogP) is 3.74. The molecule has 1 atom stereocenters. The van der Waals surface area contributed by atoms with Gasteiger partial charge in [0.15, 0.2) is 17.5 Å². The van der Waals surface area contributed by atoms with E-state index >= 15 is 0 Å². The van der Waals surface area contributed by atoms with E-state index in [-0.39, 0.29) is 23.4 Å². The standard InChI is InChI=1S/C24H38FN9O/c1-14(2)9-26-21-27-10-17(25)20(29-21)28-19-16-12-34(24(6,7)18(16)30-31-19)22(35)33-13-23(4,5)32(8)11-15(33)3/h10,14-15H,9,11-13H2,1-8H3,(H3,26,27,28,29,30,31)/t15-/m0/s1. The lowest BCUT2D eigenvalue weighted by Crippen LogP contribution is -2.65. The molecule has 2 aromatic rings. The number of nitrogens with zero attached hydrogens (tertiary/aromatic N) is 6. The number of nitrogens with one attached hydrogen (secondary N) is 3. The van der Waals surface area contributed by atoms with Crippen LogP contribution in [0.5, 0.6) is 0 Å². The third kappa shape index (κ3) is 4.65. The molecule has 1 fully saturated rings. The monoisotopic (exact) mass is 487 g/mol. The number of H-pyrrole nitrogens is 1. The highest BCUT2D eigenvalue weighted by molar-refractivity contribution is 5.78. The third-order valence-corrected chi connectivity index (χ3v) is 7.26. The first-order valence-electron chi connectivity index (χ1n) is 12.2. The molecule has 0 spiro atoms. The highest BCUT2D eigenvalue weighted by atomic mass is 19.1. The molecule has 2 aliphatic heterocycles. The molecule has 0 radical (unpaired) electrons. The van der Waals surface area contributed by atoms with Crippen molar-refractivity contribution in [3.8, 4) is 0 Å². The molecule has 4 rings (SSSR count). The van der Waals surface area contributed by atoms with Gasteiger partial charge in [-0.3, -0.25) is 10.00 Å². The summed E-state index contributed by atoms with van der Waals surface area (Å²) in [4.78, 5) is 28.2. The van der Waals surface area contributed by atoms with Gasteiger partial charge in [0.2, 0.25) is 5.95 Å². The first-order valence-corrected chi connectivity index (χ1v) is 12.2. The molecule has 0 bridgehead atoms. The number of rotatable bonds is 5. The molecule has 35 heavy (non-hydrogen) atoms. The molecule has 10 nitrogen and oxygen atoms in total. The number of hydrogen-bond acceptors (Lipinski definition) is 7. The van der Waals surface area contributed by atoms with E-state index in [1.165, 1.54) is 0 Å². The summed E-state index contributed by atoms with van der Waals surface area (Å²) >= 11 is 0. The van der Waals surface area contributed by atoms with Gasteiger partial charge >= 0.3 is 6.03 Å². The molecule has 11 heteroatoms. The molecule has 2 aromatic heterocycles. The lowest BCUT2D eigenvalue weighted by atomic mass is 9.96. The Morgan fingerprint density at radius 2 is 2.00 bits per heavy atom. The quantitative estimate of drug-likeness (QED) is 0.590. The van der Waals surface area contributed by atoms with E-state index in [0.29, 0.717) is 37.3 Å². The van der Waals surface area contributed by atoms with Crippen LogP contribution < -0.4 is 10.6 Å². The smallest absolute Gasteiger partial charge is 0.321 e. The van der Waals surface area contributed by atoms with Crippen molar-refractivity contribution in [3.63, 3.8) is 0 Å². The van der Waals surface area contributed by atoms with E-state index in [2.05, 4.69) is 77.4 Å². The minimum absolute atomic E-state index is 0.00684. The SMILES string of the molecule is CC(C)CNc1ncc(F)c(Nc2n[nH]c3c2CN(C(=O)N2CC(C)(C)N(C)C[C@@H]2C)C3(C)C)n1. The topological polar surface area (TPSA) is 105 Å². The number of carbonyl (C=O) groups excluding carboxylic acids is 1. The van der Waals surface area contributed by atoms with Crippen LogP contribution in [0.4, 0.5) is 26.8 Å². The molecular weight excluding hydrogens is 449 g/mol. The zero-order chi connectivity index (χ0) is 25.7. The Bertz CT molecular complexity index is 1100. The van der Waals surface area contributed by atoms with Crippen LogP contribution in [0.25, 0.3) is 0 Å². The number of likely N-dealkylation sites (N-methyl/N-ethyl adjacent to an activating group) is 1. The van der Waals surface area contributed by atoms with Crippen LogP contribution in [0.3, 0.4) is 0 Å². The Balaban J connectivity index is 1.56. The molecule has 3 N–H and O–H groups in total. The van der Waals surface area contributed by atoms with Crippen LogP contribution in [0.1, 0.15) is 59.7 Å². The van der Waals surface area contributed by atoms with E-state index < -0.39 is 11.4 Å². The maximum Gasteiger partial charge on any atom is 0.321 e. The van der Waals surface area contributed by atoms with E-state index in [1.807, 2.05) is 23.6 Å². The second-order valence-corrected chi connectivity index (χ2v) is 11.3. The molecule has 1 saturated heterocycles. The fourth-order valence-electron chi connectivity index (χ4n) is 4.72. The summed E-state index contributed by atoms with van der Waals surface area (Å²) in [5.41, 5.74) is 0.961. The zero-order valence-electron chi connectivity index (χ0n) is 22.0. The normalized spacial score (nSPS) is 21.4. The maximum absolute atomic E-state index is 14.5. The minimum Gasteiger partial charge on any atom is -0.354 e. The Hall–Kier alpha value is -2.95. The van der Waals surface area contributed by atoms with Gasteiger partial charge in [0, 0.05) is 36.8 Å². The van der Waals surface area contributed by atoms with Crippen LogP contribution in [0.2, 0.25) is 0 Å². The van der Waals surface area contributed by atoms with E-state index in [9.17, 15) is 9.18 Å². The molecular formula is C24H38FN9O. The van der Waals surface area contributed by atoms with Gasteiger partial charge in [-0.2, -0.15) is 10.1 Å². The average Bonchev–Trinajstić information content (AvgIpc) is 3.29. The summed E-state index contributed by atoms with van der Waals surface area (Å²) in [6.07, 6.45) is 1.14. The van der Waals surface area contributed by atoms with E-state index in [0.717, 1.165) is 24.0 Å². The van der Waals surface area contributed by atoms with Crippen molar-refractivity contribution in [1.29, 1.82) is 0 Å². The summed E-state index contributed by atoms with van der Waals surface area (Å²) in [7, 11) is 2.10. The van der Waals surface area contributed by atoms with Crippen LogP contribution in [-0.2, 0) is 12.1 Å². The lowest BCUT2D eigenvalue weighted by Gasteiger charge is -2.50. The fraction of sp³-hybridized carbons (Fsp3) is 0.667. The first kappa shape index (κ1) is 25.2. The molecule has 4 heterocycles. The number of aromatic nitrogens is 4. The van der Waals surface area contributed by atoms with Gasteiger partial charge in [0.1, 0.15) is 0 Å². The number of urea groups is 1. The number of anilines is 3. The second-order valence-electron chi connectivity index (χ2n) is 11.3. The number of amides is 2. The number of piperazine rings is 1. The maximum atomic E-state index is 14.5. The largest absolute Gasteiger partial charge is 0.354 e. The molecule has 192 valence electrons. The van der Waals surface area contributed by atoms with Crippen LogP contribution in [0.15, 0.2) is 6.20 Å². The lowest BCUT2D eigenvalue weighted by molar-refractivity contribution is 0.00695. The molecule has 0 aromatic carbocycles. The number of halogens is 1. The van der Waals surface area contributed by atoms with Crippen molar-refractivity contribution in [3.05, 3.63) is 23.3 Å². The van der Waals surface area contributed by atoms with Gasteiger partial charge in [0.05, 0.1) is 24.0 Å². The third-order valence-electron chi connectivity index (χ3n) is 7.26. The van der Waals surface area contributed by atoms with E-state index in [1.54, 1.807) is 0 Å². The predicted molar refractivity (Wildman–Crippen MR) is 134 cm³/mol. The first-order chi connectivity index (χ1) is 16.3. The highest BCUT2D eigenvalue weighted by Crippen LogP contribution is 2.42. The number of carbonyl (C=O) groups is 1. The summed E-state index contributed by atoms with van der Waals surface area (Å²) < 4.78 is 14.5. The van der Waals surface area contributed by atoms with Gasteiger partial charge in [-0.15, -0.1) is 0 Å². The van der Waals surface area contributed by atoms with Crippen molar-refractivity contribution >= 4 is 23.6 Å². The zero-order valence-corrected chi connectivity index (χ0v) is 22.0. The molecule has 0 unspecified atom stereocenters. The van der Waals surface area contributed by atoms with Crippen molar-refractivity contribution in [2.24, 2.45) is 5.92 Å². The van der Waals surface area contributed by atoms with Gasteiger partial charge < -0.3 is 20.4 Å². The number of hydrogen-bond donors (Lipinski definition) is 3. The summed E-state index contributed by atoms with van der Waals surface area (Å²) in [5.74, 6) is 0.670. The van der Waals surface area contributed by atoms with Gasteiger partial charge in [-0.05, 0) is 47.6 Å².